The molecule has 1 aliphatic heterocycles. The maximum atomic E-state index is 12.2. The minimum atomic E-state index is -3.72. The molecular weight excluding hydrogens is 386 g/mol. The molecule has 0 saturated carbocycles. The molecule has 0 saturated heterocycles. The van der Waals surface area contributed by atoms with E-state index in [1.165, 1.54) is 13.3 Å². The number of sulfonamides is 1. The third kappa shape index (κ3) is 4.52. The fourth-order valence-corrected chi connectivity index (χ4v) is 3.41. The monoisotopic (exact) mass is 405 g/mol. The molecule has 0 aromatic heterocycles. The Morgan fingerprint density at radius 1 is 1.25 bits per heavy atom. The molecule has 148 valence electrons. The van der Waals surface area contributed by atoms with Gasteiger partial charge in [-0.15, -0.1) is 0 Å². The van der Waals surface area contributed by atoms with Crippen LogP contribution in [-0.4, -0.2) is 47.2 Å². The minimum Gasteiger partial charge on any atom is -0.495 e. The largest absolute Gasteiger partial charge is 0.495 e. The third-order valence-electron chi connectivity index (χ3n) is 3.84. The molecule has 0 spiro atoms. The van der Waals surface area contributed by atoms with Gasteiger partial charge in [0.05, 0.1) is 25.3 Å². The highest BCUT2D eigenvalue weighted by Crippen LogP contribution is 2.32. The molecule has 10 heteroatoms. The highest BCUT2D eigenvalue weighted by Gasteiger charge is 2.23. The van der Waals surface area contributed by atoms with E-state index in [-0.39, 0.29) is 12.5 Å². The van der Waals surface area contributed by atoms with E-state index in [1.807, 2.05) is 0 Å². The normalized spacial score (nSPS) is 12.8. The number of hydrazone groups is 1. The van der Waals surface area contributed by atoms with Gasteiger partial charge in [0, 0.05) is 0 Å². The molecule has 28 heavy (non-hydrogen) atoms. The molecule has 0 unspecified atom stereocenters. The first kappa shape index (κ1) is 19.5. The van der Waals surface area contributed by atoms with Crippen molar-refractivity contribution in [2.75, 3.05) is 31.0 Å². The van der Waals surface area contributed by atoms with Gasteiger partial charge in [-0.25, -0.2) is 13.8 Å². The van der Waals surface area contributed by atoms with Crippen LogP contribution in [0, 0.1) is 0 Å². The van der Waals surface area contributed by atoms with E-state index in [2.05, 4.69) is 10.5 Å². The van der Waals surface area contributed by atoms with Gasteiger partial charge in [0.25, 0.3) is 5.91 Å². The van der Waals surface area contributed by atoms with Crippen LogP contribution in [-0.2, 0) is 14.8 Å². The number of nitrogens with zero attached hydrogens (tertiary/aromatic N) is 2. The highest BCUT2D eigenvalue weighted by molar-refractivity contribution is 7.92. The van der Waals surface area contributed by atoms with Crippen molar-refractivity contribution < 1.29 is 27.4 Å². The van der Waals surface area contributed by atoms with E-state index in [1.54, 1.807) is 42.5 Å². The topological polar surface area (TPSA) is 107 Å². The van der Waals surface area contributed by atoms with Crippen LogP contribution in [0.4, 0.5) is 5.69 Å². The number of benzene rings is 2. The van der Waals surface area contributed by atoms with Crippen LogP contribution in [0.3, 0.4) is 0 Å². The van der Waals surface area contributed by atoms with Crippen LogP contribution in [0.1, 0.15) is 5.56 Å². The first-order valence-corrected chi connectivity index (χ1v) is 10.1. The summed E-state index contributed by atoms with van der Waals surface area (Å²) in [5.74, 6) is 0.967. The summed E-state index contributed by atoms with van der Waals surface area (Å²) in [6.07, 6.45) is 2.44. The molecule has 1 amide bonds. The first-order chi connectivity index (χ1) is 13.4. The Balaban J connectivity index is 1.69. The summed E-state index contributed by atoms with van der Waals surface area (Å²) in [4.78, 5) is 12.2. The number of hydrogen-bond acceptors (Lipinski definition) is 7. The number of anilines is 1. The molecule has 0 radical (unpaired) electrons. The van der Waals surface area contributed by atoms with Gasteiger partial charge >= 0.3 is 0 Å². The van der Waals surface area contributed by atoms with E-state index in [4.69, 9.17) is 14.2 Å². The van der Waals surface area contributed by atoms with Gasteiger partial charge in [-0.05, 0) is 35.9 Å². The summed E-state index contributed by atoms with van der Waals surface area (Å²) >= 11 is 0. The van der Waals surface area contributed by atoms with Crippen molar-refractivity contribution in [2.24, 2.45) is 5.10 Å². The quantitative estimate of drug-likeness (QED) is 0.550. The molecule has 1 N–H and O–H groups in total. The van der Waals surface area contributed by atoms with Crippen molar-refractivity contribution >= 4 is 27.8 Å². The van der Waals surface area contributed by atoms with Crippen molar-refractivity contribution in [3.05, 3.63) is 48.0 Å². The average Bonchev–Trinajstić information content (AvgIpc) is 3.13. The summed E-state index contributed by atoms with van der Waals surface area (Å²) < 4.78 is 41.0. The van der Waals surface area contributed by atoms with Crippen LogP contribution in [0.2, 0.25) is 0 Å². The summed E-state index contributed by atoms with van der Waals surface area (Å²) in [6, 6.07) is 11.7. The summed E-state index contributed by atoms with van der Waals surface area (Å²) in [5, 5.41) is 3.86. The lowest BCUT2D eigenvalue weighted by Crippen LogP contribution is -2.39. The lowest BCUT2D eigenvalue weighted by Gasteiger charge is -2.23. The smallest absolute Gasteiger partial charge is 0.260 e. The second-order valence-electron chi connectivity index (χ2n) is 5.85. The zero-order valence-corrected chi connectivity index (χ0v) is 16.1. The third-order valence-corrected chi connectivity index (χ3v) is 4.97. The zero-order chi connectivity index (χ0) is 20.1. The van der Waals surface area contributed by atoms with Crippen molar-refractivity contribution in [1.29, 1.82) is 0 Å². The molecule has 9 nitrogen and oxygen atoms in total. The molecule has 0 bridgehead atoms. The number of methoxy groups -OCH3 is 1. The zero-order valence-electron chi connectivity index (χ0n) is 15.3. The number of para-hydroxylation sites is 2. The molecule has 1 heterocycles. The number of hydrogen-bond donors (Lipinski definition) is 1. The number of nitrogens with one attached hydrogen (secondary N) is 1. The molecule has 2 aromatic rings. The number of rotatable bonds is 7. The van der Waals surface area contributed by atoms with Crippen LogP contribution in [0.25, 0.3) is 0 Å². The Morgan fingerprint density at radius 3 is 2.75 bits per heavy atom. The average molecular weight is 405 g/mol. The Kier molecular flexibility index (Phi) is 5.69. The molecule has 3 rings (SSSR count). The fourth-order valence-electron chi connectivity index (χ4n) is 2.55. The van der Waals surface area contributed by atoms with Crippen molar-refractivity contribution in [3.8, 4) is 17.2 Å². The van der Waals surface area contributed by atoms with Gasteiger partial charge in [0.1, 0.15) is 12.3 Å². The molecule has 0 atom stereocenters. The van der Waals surface area contributed by atoms with Crippen LogP contribution < -0.4 is 23.9 Å². The maximum Gasteiger partial charge on any atom is 0.260 e. The fraction of sp³-hybridized carbons (Fsp3) is 0.222. The van der Waals surface area contributed by atoms with Gasteiger partial charge in [-0.1, -0.05) is 12.1 Å². The summed E-state index contributed by atoms with van der Waals surface area (Å²) in [7, 11) is -2.29. The van der Waals surface area contributed by atoms with E-state index in [0.717, 1.165) is 10.6 Å². The van der Waals surface area contributed by atoms with Gasteiger partial charge in [0.15, 0.2) is 11.5 Å². The van der Waals surface area contributed by atoms with E-state index >= 15 is 0 Å². The molecule has 0 aliphatic carbocycles. The molecule has 1 aliphatic rings. The minimum absolute atomic E-state index is 0.164. The predicted octanol–water partition coefficient (Wildman–Crippen LogP) is 1.34. The lowest BCUT2D eigenvalue weighted by molar-refractivity contribution is -0.119. The van der Waals surface area contributed by atoms with Crippen LogP contribution >= 0.6 is 0 Å². The van der Waals surface area contributed by atoms with Crippen molar-refractivity contribution in [3.63, 3.8) is 0 Å². The van der Waals surface area contributed by atoms with Gasteiger partial charge in [-0.2, -0.15) is 5.10 Å². The Hall–Kier alpha value is -3.27. The maximum absolute atomic E-state index is 12.2. The first-order valence-electron chi connectivity index (χ1n) is 8.21. The van der Waals surface area contributed by atoms with Crippen molar-refractivity contribution in [1.82, 2.24) is 5.43 Å². The number of carbonyl (C=O) groups is 1. The standard InChI is InChI=1S/C18H19N3O6S/c1-25-15-6-4-3-5-14(15)21(28(2,23)24)11-18(22)20-19-10-13-7-8-16-17(9-13)27-12-26-16/h3-10H,11-12H2,1-2H3,(H,20,22)/b19-10-. The van der Waals surface area contributed by atoms with E-state index < -0.39 is 22.5 Å². The Morgan fingerprint density at radius 2 is 2.00 bits per heavy atom. The van der Waals surface area contributed by atoms with Crippen LogP contribution in [0.5, 0.6) is 17.2 Å². The molecule has 0 fully saturated rings. The number of carbonyl (C=O) groups excluding carboxylic acids is 1. The molecule has 2 aromatic carbocycles. The molecular formula is C18H19N3O6S. The van der Waals surface area contributed by atoms with Crippen molar-refractivity contribution in [2.45, 2.75) is 0 Å². The number of ether oxygens (including phenoxy) is 3. The van der Waals surface area contributed by atoms with Crippen LogP contribution in [0.15, 0.2) is 47.6 Å². The summed E-state index contributed by atoms with van der Waals surface area (Å²) in [5.41, 5.74) is 3.28. The van der Waals surface area contributed by atoms with E-state index in [9.17, 15) is 13.2 Å². The van der Waals surface area contributed by atoms with Gasteiger partial charge < -0.3 is 14.2 Å². The van der Waals surface area contributed by atoms with Gasteiger partial charge in [0.2, 0.25) is 16.8 Å². The summed E-state index contributed by atoms with van der Waals surface area (Å²) in [6.45, 7) is -0.283. The second kappa shape index (κ2) is 8.17. The lowest BCUT2D eigenvalue weighted by atomic mass is 10.2. The SMILES string of the molecule is COc1ccccc1N(CC(=O)N/N=C\c1ccc2c(c1)OCO2)S(C)(=O)=O. The van der Waals surface area contributed by atoms with E-state index in [0.29, 0.717) is 22.8 Å². The van der Waals surface area contributed by atoms with Gasteiger partial charge in [-0.3, -0.25) is 9.10 Å². The number of fused-ring (bicyclic) bond motifs is 1. The highest BCUT2D eigenvalue weighted by atomic mass is 32.2. The Bertz CT molecular complexity index is 1010. The number of amides is 1. The Labute approximate surface area is 162 Å². The second-order valence-corrected chi connectivity index (χ2v) is 7.75. The predicted molar refractivity (Wildman–Crippen MR) is 103 cm³/mol.